The van der Waals surface area contributed by atoms with Gasteiger partial charge in [-0.05, 0) is 17.7 Å². The highest BCUT2D eigenvalue weighted by Crippen LogP contribution is 2.40. The fourth-order valence-corrected chi connectivity index (χ4v) is 4.13. The number of nitrogens with one attached hydrogen (secondary N) is 3. The third-order valence-corrected chi connectivity index (χ3v) is 5.49. The van der Waals surface area contributed by atoms with Gasteiger partial charge in [0.05, 0.1) is 5.69 Å². The number of carbonyl (C=O) groups is 2. The highest BCUT2D eigenvalue weighted by atomic mass is 16.4. The Labute approximate surface area is 159 Å². The molecule has 7 nitrogen and oxygen atoms in total. The first-order valence-corrected chi connectivity index (χ1v) is 8.93. The van der Waals surface area contributed by atoms with Crippen molar-refractivity contribution in [2.75, 3.05) is 0 Å². The number of aliphatic carboxylic acids is 1. The third kappa shape index (κ3) is 2.13. The van der Waals surface area contributed by atoms with Gasteiger partial charge in [-0.1, -0.05) is 36.4 Å². The van der Waals surface area contributed by atoms with Crippen molar-refractivity contribution in [3.05, 3.63) is 71.5 Å². The molecule has 2 aromatic carbocycles. The van der Waals surface area contributed by atoms with Crippen molar-refractivity contribution < 1.29 is 19.8 Å². The average Bonchev–Trinajstić information content (AvgIpc) is 3.26. The number of rotatable bonds is 2. The normalized spacial score (nSPS) is 22.0. The minimum atomic E-state index is -2.06. The number of amides is 1. The molecule has 4 aromatic rings. The van der Waals surface area contributed by atoms with E-state index in [1.165, 1.54) is 0 Å². The number of aliphatic hydroxyl groups is 1. The zero-order valence-electron chi connectivity index (χ0n) is 14.7. The van der Waals surface area contributed by atoms with Gasteiger partial charge in [0.1, 0.15) is 6.04 Å². The standard InChI is InChI=1S/C21H17N3O4/c25-19(26)17-9-13-11-5-1-4-8-16(11)23-18(13)21(28,20(27)24-17)14-10-22-15-7-3-2-6-12(14)15/h1-8,10,17,22-23,28H,9H2,(H,24,27)(H,25,26)/t17-,21-/m0/s1. The molecule has 1 amide bonds. The quantitative estimate of drug-likeness (QED) is 0.368. The number of carboxylic acid groups (broad SMARTS) is 1. The van der Waals surface area contributed by atoms with Crippen LogP contribution in [0.2, 0.25) is 0 Å². The second-order valence-corrected chi connectivity index (χ2v) is 7.05. The van der Waals surface area contributed by atoms with Gasteiger partial charge in [0, 0.05) is 40.0 Å². The van der Waals surface area contributed by atoms with Crippen molar-refractivity contribution >= 4 is 33.7 Å². The molecule has 0 bridgehead atoms. The van der Waals surface area contributed by atoms with E-state index in [2.05, 4.69) is 15.3 Å². The molecule has 1 aliphatic rings. The number of carboxylic acids is 1. The van der Waals surface area contributed by atoms with Crippen molar-refractivity contribution in [2.24, 2.45) is 0 Å². The fourth-order valence-electron chi connectivity index (χ4n) is 4.13. The molecule has 5 rings (SSSR count). The molecular weight excluding hydrogens is 358 g/mol. The molecule has 0 aliphatic carbocycles. The van der Waals surface area contributed by atoms with Crippen LogP contribution in [0.5, 0.6) is 0 Å². The van der Waals surface area contributed by atoms with Crippen LogP contribution in [-0.4, -0.2) is 38.1 Å². The Morgan fingerprint density at radius 1 is 1.04 bits per heavy atom. The van der Waals surface area contributed by atoms with Crippen LogP contribution in [0.25, 0.3) is 21.8 Å². The van der Waals surface area contributed by atoms with Crippen LogP contribution in [0.3, 0.4) is 0 Å². The first-order valence-electron chi connectivity index (χ1n) is 8.93. The van der Waals surface area contributed by atoms with Gasteiger partial charge in [-0.15, -0.1) is 0 Å². The Morgan fingerprint density at radius 2 is 1.71 bits per heavy atom. The summed E-state index contributed by atoms with van der Waals surface area (Å²) in [4.78, 5) is 31.1. The van der Waals surface area contributed by atoms with Crippen molar-refractivity contribution in [2.45, 2.75) is 18.1 Å². The molecule has 5 N–H and O–H groups in total. The van der Waals surface area contributed by atoms with E-state index in [0.29, 0.717) is 22.2 Å². The Morgan fingerprint density at radius 3 is 2.46 bits per heavy atom. The Balaban J connectivity index is 1.85. The highest BCUT2D eigenvalue weighted by Gasteiger charge is 2.48. The van der Waals surface area contributed by atoms with Crippen LogP contribution in [0, 0.1) is 0 Å². The fraction of sp³-hybridized carbons (Fsp3) is 0.143. The van der Waals surface area contributed by atoms with Crippen molar-refractivity contribution in [1.82, 2.24) is 15.3 Å². The first kappa shape index (κ1) is 16.6. The average molecular weight is 375 g/mol. The smallest absolute Gasteiger partial charge is 0.326 e. The van der Waals surface area contributed by atoms with E-state index >= 15 is 0 Å². The number of benzene rings is 2. The van der Waals surface area contributed by atoms with Gasteiger partial charge < -0.3 is 25.5 Å². The number of fused-ring (bicyclic) bond motifs is 4. The number of aromatic amines is 2. The lowest BCUT2D eigenvalue weighted by molar-refractivity contribution is -0.145. The summed E-state index contributed by atoms with van der Waals surface area (Å²) in [6.07, 6.45) is 1.67. The summed E-state index contributed by atoms with van der Waals surface area (Å²) < 4.78 is 0. The third-order valence-electron chi connectivity index (χ3n) is 5.49. The monoisotopic (exact) mass is 375 g/mol. The molecule has 2 aromatic heterocycles. The van der Waals surface area contributed by atoms with Gasteiger partial charge in [0.15, 0.2) is 0 Å². The minimum Gasteiger partial charge on any atom is -0.480 e. The summed E-state index contributed by atoms with van der Waals surface area (Å²) in [5, 5.41) is 25.3. The van der Waals surface area contributed by atoms with Gasteiger partial charge in [-0.2, -0.15) is 0 Å². The van der Waals surface area contributed by atoms with Crippen molar-refractivity contribution in [1.29, 1.82) is 0 Å². The summed E-state index contributed by atoms with van der Waals surface area (Å²) in [7, 11) is 0. The van der Waals surface area contributed by atoms with Gasteiger partial charge in [0.2, 0.25) is 5.60 Å². The van der Waals surface area contributed by atoms with E-state index in [0.717, 1.165) is 16.4 Å². The maximum atomic E-state index is 13.2. The lowest BCUT2D eigenvalue weighted by Crippen LogP contribution is -2.49. The summed E-state index contributed by atoms with van der Waals surface area (Å²) in [5.41, 5.74) is 0.756. The van der Waals surface area contributed by atoms with Gasteiger partial charge in [0.25, 0.3) is 5.91 Å². The molecular formula is C21H17N3O4. The molecule has 3 heterocycles. The van der Waals surface area contributed by atoms with Crippen molar-refractivity contribution in [3.63, 3.8) is 0 Å². The molecule has 0 saturated carbocycles. The van der Waals surface area contributed by atoms with Crippen LogP contribution in [0.4, 0.5) is 0 Å². The second-order valence-electron chi connectivity index (χ2n) is 7.05. The molecule has 0 fully saturated rings. The van der Waals surface area contributed by atoms with Gasteiger partial charge in [-0.25, -0.2) is 4.79 Å². The molecule has 0 unspecified atom stereocenters. The van der Waals surface area contributed by atoms with Crippen LogP contribution in [-0.2, 0) is 21.6 Å². The largest absolute Gasteiger partial charge is 0.480 e. The lowest BCUT2D eigenvalue weighted by Gasteiger charge is -2.25. The Hall–Kier alpha value is -3.58. The van der Waals surface area contributed by atoms with E-state index in [4.69, 9.17) is 0 Å². The Kier molecular flexibility index (Phi) is 3.38. The number of hydrogen-bond donors (Lipinski definition) is 5. The first-order chi connectivity index (χ1) is 13.5. The van der Waals surface area contributed by atoms with Crippen LogP contribution in [0.1, 0.15) is 16.8 Å². The molecule has 28 heavy (non-hydrogen) atoms. The number of carbonyl (C=O) groups excluding carboxylic acids is 1. The SMILES string of the molecule is O=C(O)[C@@H]1Cc2c([nH]c3ccccc23)[C@@](O)(c2c[nH]c3ccccc23)C(=O)N1. The van der Waals surface area contributed by atoms with E-state index < -0.39 is 23.5 Å². The van der Waals surface area contributed by atoms with E-state index in [-0.39, 0.29) is 6.42 Å². The maximum absolute atomic E-state index is 13.2. The van der Waals surface area contributed by atoms with Gasteiger partial charge >= 0.3 is 5.97 Å². The summed E-state index contributed by atoms with van der Waals surface area (Å²) in [6.45, 7) is 0. The van der Waals surface area contributed by atoms with Crippen molar-refractivity contribution in [3.8, 4) is 0 Å². The number of H-pyrrole nitrogens is 2. The molecule has 0 radical (unpaired) electrons. The number of para-hydroxylation sites is 2. The van der Waals surface area contributed by atoms with E-state index in [1.807, 2.05) is 48.5 Å². The molecule has 7 heteroatoms. The number of aromatic nitrogens is 2. The molecule has 0 saturated heterocycles. The van der Waals surface area contributed by atoms with E-state index in [1.54, 1.807) is 6.20 Å². The predicted molar refractivity (Wildman–Crippen MR) is 103 cm³/mol. The molecule has 2 atom stereocenters. The summed E-state index contributed by atoms with van der Waals surface area (Å²) in [6, 6.07) is 13.6. The van der Waals surface area contributed by atoms with E-state index in [9.17, 15) is 19.8 Å². The lowest BCUT2D eigenvalue weighted by atomic mass is 9.87. The molecule has 0 spiro atoms. The summed E-state index contributed by atoms with van der Waals surface area (Å²) >= 11 is 0. The Bertz CT molecular complexity index is 1260. The minimum absolute atomic E-state index is 0.0745. The highest BCUT2D eigenvalue weighted by molar-refractivity contribution is 6.01. The molecule has 1 aliphatic heterocycles. The van der Waals surface area contributed by atoms with Crippen LogP contribution >= 0.6 is 0 Å². The zero-order valence-corrected chi connectivity index (χ0v) is 14.7. The van der Waals surface area contributed by atoms with Crippen LogP contribution in [0.15, 0.2) is 54.7 Å². The topological polar surface area (TPSA) is 118 Å². The van der Waals surface area contributed by atoms with Crippen LogP contribution < -0.4 is 5.32 Å². The maximum Gasteiger partial charge on any atom is 0.326 e. The van der Waals surface area contributed by atoms with Gasteiger partial charge in [-0.3, -0.25) is 4.79 Å². The second kappa shape index (κ2) is 5.71. The zero-order chi connectivity index (χ0) is 19.5. The number of hydrogen-bond acceptors (Lipinski definition) is 3. The predicted octanol–water partition coefficient (Wildman–Crippen LogP) is 2.01. The molecule has 140 valence electrons. The summed E-state index contributed by atoms with van der Waals surface area (Å²) in [5.74, 6) is -1.91.